The second-order valence-corrected chi connectivity index (χ2v) is 7.21. The molecule has 28 heavy (non-hydrogen) atoms. The number of primary amides is 3. The number of carbonyl (C=O) groups excluding carboxylic acids is 4. The van der Waals surface area contributed by atoms with E-state index in [1.54, 1.807) is 0 Å². The second-order valence-electron chi connectivity index (χ2n) is 7.21. The lowest BCUT2D eigenvalue weighted by atomic mass is 10.3. The number of rotatable bonds is 8. The van der Waals surface area contributed by atoms with Gasteiger partial charge in [-0.3, -0.25) is 38.8 Å². The maximum atomic E-state index is 11.6. The fourth-order valence-corrected chi connectivity index (χ4v) is 3.19. The van der Waals surface area contributed by atoms with E-state index in [-0.39, 0.29) is 25.4 Å². The lowest BCUT2D eigenvalue weighted by Crippen LogP contribution is -2.50. The highest BCUT2D eigenvalue weighted by molar-refractivity contribution is 5.78. The van der Waals surface area contributed by atoms with Crippen LogP contribution in [0.1, 0.15) is 6.92 Å². The molecular weight excluding hydrogens is 366 g/mol. The zero-order valence-corrected chi connectivity index (χ0v) is 16.6. The van der Waals surface area contributed by atoms with Crippen LogP contribution in [0.15, 0.2) is 0 Å². The summed E-state index contributed by atoms with van der Waals surface area (Å²) in [7, 11) is 0. The average Bonchev–Trinajstić information content (AvgIpc) is 2.55. The number of Topliss-reactive ketones (excluding diaryl/α,β-unsaturated/α-hetero) is 1. The highest BCUT2D eigenvalue weighted by Gasteiger charge is 2.19. The monoisotopic (exact) mass is 399 g/mol. The van der Waals surface area contributed by atoms with E-state index < -0.39 is 17.7 Å². The predicted octanol–water partition coefficient (Wildman–Crippen LogP) is -3.75. The molecule has 1 aliphatic rings. The van der Waals surface area contributed by atoms with Gasteiger partial charge in [-0.1, -0.05) is 0 Å². The Morgan fingerprint density at radius 2 is 0.750 bits per heavy atom. The summed E-state index contributed by atoms with van der Waals surface area (Å²) in [5, 5.41) is 0. The van der Waals surface area contributed by atoms with E-state index in [2.05, 4.69) is 0 Å². The van der Waals surface area contributed by atoms with Crippen molar-refractivity contribution in [2.24, 2.45) is 17.2 Å². The van der Waals surface area contributed by atoms with Crippen molar-refractivity contribution in [3.8, 4) is 0 Å². The molecule has 11 heteroatoms. The van der Waals surface area contributed by atoms with Crippen molar-refractivity contribution in [1.29, 1.82) is 0 Å². The fourth-order valence-electron chi connectivity index (χ4n) is 3.19. The van der Waals surface area contributed by atoms with E-state index in [0.717, 1.165) is 0 Å². The van der Waals surface area contributed by atoms with Crippen molar-refractivity contribution in [2.75, 3.05) is 78.5 Å². The van der Waals surface area contributed by atoms with E-state index in [0.29, 0.717) is 58.9 Å². The SMILES string of the molecule is CC(=O)CN1CCN(CC(N)=O)CCN(CC(N)=O)CCN(CC(N)=O)CC1. The summed E-state index contributed by atoms with van der Waals surface area (Å²) in [5.41, 5.74) is 16.0. The zero-order valence-electron chi connectivity index (χ0n) is 16.6. The summed E-state index contributed by atoms with van der Waals surface area (Å²) >= 11 is 0. The van der Waals surface area contributed by atoms with Gasteiger partial charge in [0, 0.05) is 52.4 Å². The Kier molecular flexibility index (Phi) is 10.6. The first-order valence-corrected chi connectivity index (χ1v) is 9.39. The van der Waals surface area contributed by atoms with Gasteiger partial charge >= 0.3 is 0 Å². The first kappa shape index (κ1) is 24.0. The molecule has 0 bridgehead atoms. The zero-order chi connectivity index (χ0) is 21.1. The average molecular weight is 399 g/mol. The van der Waals surface area contributed by atoms with Crippen LogP contribution in [0, 0.1) is 0 Å². The molecule has 3 amide bonds. The quantitative estimate of drug-likeness (QED) is 0.375. The van der Waals surface area contributed by atoms with Gasteiger partial charge in [0.1, 0.15) is 5.78 Å². The van der Waals surface area contributed by atoms with Crippen LogP contribution in [0.4, 0.5) is 0 Å². The van der Waals surface area contributed by atoms with Gasteiger partial charge in [-0.05, 0) is 6.92 Å². The molecule has 1 rings (SSSR count). The normalized spacial score (nSPS) is 19.5. The summed E-state index contributed by atoms with van der Waals surface area (Å²) in [6.45, 7) is 6.47. The van der Waals surface area contributed by atoms with Crippen LogP contribution in [-0.2, 0) is 19.2 Å². The molecule has 1 aliphatic heterocycles. The molecule has 0 unspecified atom stereocenters. The number of amides is 3. The standard InChI is InChI=1S/C17H33N7O4/c1-14(25)10-21-2-4-22(11-15(18)26)6-8-24(13-17(20)28)9-7-23(5-3-21)12-16(19)27/h2-13H2,1H3,(H2,18,26)(H2,19,27)(H2,20,28). The largest absolute Gasteiger partial charge is 0.369 e. The fraction of sp³-hybridized carbons (Fsp3) is 0.765. The highest BCUT2D eigenvalue weighted by Crippen LogP contribution is 2.01. The van der Waals surface area contributed by atoms with Crippen molar-refractivity contribution in [3.05, 3.63) is 0 Å². The van der Waals surface area contributed by atoms with Gasteiger partial charge in [0.2, 0.25) is 17.7 Å². The van der Waals surface area contributed by atoms with Gasteiger partial charge in [-0.15, -0.1) is 0 Å². The van der Waals surface area contributed by atoms with Crippen LogP contribution < -0.4 is 17.2 Å². The van der Waals surface area contributed by atoms with Crippen LogP contribution in [0.3, 0.4) is 0 Å². The summed E-state index contributed by atoms with van der Waals surface area (Å²) in [6, 6.07) is 0. The third-order valence-electron chi connectivity index (χ3n) is 4.51. The number of nitrogens with two attached hydrogens (primary N) is 3. The Hall–Kier alpha value is -2.08. The number of carbonyl (C=O) groups is 4. The first-order chi connectivity index (χ1) is 13.2. The Morgan fingerprint density at radius 3 is 0.929 bits per heavy atom. The van der Waals surface area contributed by atoms with E-state index in [1.807, 2.05) is 19.6 Å². The molecule has 0 aromatic carbocycles. The maximum absolute atomic E-state index is 11.6. The topological polar surface area (TPSA) is 159 Å². The van der Waals surface area contributed by atoms with Crippen molar-refractivity contribution < 1.29 is 19.2 Å². The summed E-state index contributed by atoms with van der Waals surface area (Å²) in [6.07, 6.45) is 0. The van der Waals surface area contributed by atoms with E-state index >= 15 is 0 Å². The minimum absolute atomic E-state index is 0.0441. The number of hydrogen-bond acceptors (Lipinski definition) is 8. The van der Waals surface area contributed by atoms with E-state index in [4.69, 9.17) is 17.2 Å². The van der Waals surface area contributed by atoms with Crippen molar-refractivity contribution in [1.82, 2.24) is 19.6 Å². The van der Waals surface area contributed by atoms with Gasteiger partial charge in [-0.2, -0.15) is 0 Å². The molecule has 160 valence electrons. The summed E-state index contributed by atoms with van der Waals surface area (Å²) in [4.78, 5) is 53.4. The molecule has 0 aromatic rings. The van der Waals surface area contributed by atoms with Crippen molar-refractivity contribution >= 4 is 23.5 Å². The molecule has 0 atom stereocenters. The van der Waals surface area contributed by atoms with Crippen LogP contribution in [0.5, 0.6) is 0 Å². The molecular formula is C17H33N7O4. The minimum atomic E-state index is -0.442. The molecule has 1 heterocycles. The molecule has 0 saturated carbocycles. The van der Waals surface area contributed by atoms with E-state index in [9.17, 15) is 19.2 Å². The summed E-state index contributed by atoms with van der Waals surface area (Å²) < 4.78 is 0. The Bertz CT molecular complexity index is 446. The number of hydrogen-bond donors (Lipinski definition) is 3. The smallest absolute Gasteiger partial charge is 0.231 e. The molecule has 6 N–H and O–H groups in total. The van der Waals surface area contributed by atoms with Gasteiger partial charge in [0.05, 0.1) is 26.2 Å². The lowest BCUT2D eigenvalue weighted by Gasteiger charge is -2.33. The van der Waals surface area contributed by atoms with Gasteiger partial charge in [-0.25, -0.2) is 0 Å². The van der Waals surface area contributed by atoms with Gasteiger partial charge in [0.25, 0.3) is 0 Å². The molecule has 0 radical (unpaired) electrons. The number of ketones is 1. The van der Waals surface area contributed by atoms with E-state index in [1.165, 1.54) is 6.92 Å². The highest BCUT2D eigenvalue weighted by atomic mass is 16.2. The Labute approximate surface area is 165 Å². The van der Waals surface area contributed by atoms with Crippen molar-refractivity contribution in [2.45, 2.75) is 6.92 Å². The third kappa shape index (κ3) is 10.9. The van der Waals surface area contributed by atoms with Crippen LogP contribution in [-0.4, -0.2) is 122 Å². The first-order valence-electron chi connectivity index (χ1n) is 9.39. The predicted molar refractivity (Wildman–Crippen MR) is 104 cm³/mol. The van der Waals surface area contributed by atoms with Gasteiger partial charge in [0.15, 0.2) is 0 Å². The molecule has 1 fully saturated rings. The third-order valence-corrected chi connectivity index (χ3v) is 4.51. The number of nitrogens with zero attached hydrogens (tertiary/aromatic N) is 4. The summed E-state index contributed by atoms with van der Waals surface area (Å²) in [5.74, 6) is -1.26. The molecule has 0 aliphatic carbocycles. The molecule has 0 aromatic heterocycles. The Morgan fingerprint density at radius 1 is 0.536 bits per heavy atom. The molecule has 0 spiro atoms. The van der Waals surface area contributed by atoms with Crippen LogP contribution in [0.25, 0.3) is 0 Å². The molecule has 1 saturated heterocycles. The maximum Gasteiger partial charge on any atom is 0.231 e. The Balaban J connectivity index is 2.90. The van der Waals surface area contributed by atoms with Crippen LogP contribution in [0.2, 0.25) is 0 Å². The molecule has 11 nitrogen and oxygen atoms in total. The lowest BCUT2D eigenvalue weighted by molar-refractivity contribution is -0.121. The second kappa shape index (κ2) is 12.4. The van der Waals surface area contributed by atoms with Crippen LogP contribution >= 0.6 is 0 Å². The van der Waals surface area contributed by atoms with Gasteiger partial charge < -0.3 is 17.2 Å². The van der Waals surface area contributed by atoms with Crippen molar-refractivity contribution in [3.63, 3.8) is 0 Å². The minimum Gasteiger partial charge on any atom is -0.369 e.